The Bertz CT molecular complexity index is 649. The van der Waals surface area contributed by atoms with Crippen LogP contribution >= 0.6 is 0 Å². The van der Waals surface area contributed by atoms with Gasteiger partial charge < -0.3 is 19.7 Å². The number of nitrogens with zero attached hydrogens (tertiary/aromatic N) is 3. The van der Waals surface area contributed by atoms with E-state index < -0.39 is 5.41 Å². The topological polar surface area (TPSA) is 93.7 Å². The van der Waals surface area contributed by atoms with Crippen LogP contribution in [0.25, 0.3) is 0 Å². The van der Waals surface area contributed by atoms with E-state index in [1.54, 1.807) is 11.9 Å². The molecular weight excluding hydrogens is 324 g/mol. The molecule has 136 valence electrons. The average Bonchev–Trinajstić information content (AvgIpc) is 3.01. The molecule has 0 spiro atoms. The molecule has 0 aromatic carbocycles. The number of carbonyl (C=O) groups is 2. The van der Waals surface area contributed by atoms with Crippen LogP contribution in [0.2, 0.25) is 0 Å². The van der Waals surface area contributed by atoms with Gasteiger partial charge in [-0.2, -0.15) is 0 Å². The van der Waals surface area contributed by atoms with Crippen molar-refractivity contribution in [1.29, 1.82) is 0 Å². The van der Waals surface area contributed by atoms with Gasteiger partial charge in [0.1, 0.15) is 5.69 Å². The molecule has 0 radical (unpaired) electrons. The maximum absolute atomic E-state index is 12.8. The van der Waals surface area contributed by atoms with E-state index in [4.69, 9.17) is 9.47 Å². The van der Waals surface area contributed by atoms with Crippen molar-refractivity contribution in [2.45, 2.75) is 26.4 Å². The fourth-order valence-electron chi connectivity index (χ4n) is 3.62. The molecule has 2 aliphatic rings. The first-order chi connectivity index (χ1) is 12.0. The predicted molar refractivity (Wildman–Crippen MR) is 89.1 cm³/mol. The molecule has 3 heterocycles. The number of fused-ring (bicyclic) bond motifs is 1. The van der Waals surface area contributed by atoms with E-state index in [9.17, 15) is 9.59 Å². The Morgan fingerprint density at radius 2 is 2.20 bits per heavy atom. The summed E-state index contributed by atoms with van der Waals surface area (Å²) in [5, 5.41) is 2.74. The molecule has 2 atom stereocenters. The summed E-state index contributed by atoms with van der Waals surface area (Å²) in [6.07, 6.45) is 3.48. The summed E-state index contributed by atoms with van der Waals surface area (Å²) in [6, 6.07) is 0. The summed E-state index contributed by atoms with van der Waals surface area (Å²) in [5.74, 6) is 0.141. The van der Waals surface area contributed by atoms with E-state index >= 15 is 0 Å². The Labute approximate surface area is 146 Å². The van der Waals surface area contributed by atoms with E-state index in [0.717, 1.165) is 0 Å². The summed E-state index contributed by atoms with van der Waals surface area (Å²) in [6.45, 7) is 5.68. The number of nitrogens with one attached hydrogen (secondary N) is 1. The van der Waals surface area contributed by atoms with Crippen LogP contribution in [0.5, 0.6) is 5.88 Å². The zero-order chi connectivity index (χ0) is 18.0. The number of carbonyl (C=O) groups excluding carboxylic acids is 2. The minimum atomic E-state index is -0.573. The smallest absolute Gasteiger partial charge is 0.274 e. The zero-order valence-corrected chi connectivity index (χ0v) is 14.8. The maximum Gasteiger partial charge on any atom is 0.274 e. The van der Waals surface area contributed by atoms with Crippen molar-refractivity contribution in [3.8, 4) is 5.88 Å². The lowest BCUT2D eigenvalue weighted by molar-refractivity contribution is -0.138. The number of amides is 2. The van der Waals surface area contributed by atoms with E-state index in [2.05, 4.69) is 15.3 Å². The fourth-order valence-corrected chi connectivity index (χ4v) is 3.62. The van der Waals surface area contributed by atoms with Crippen LogP contribution < -0.4 is 10.1 Å². The monoisotopic (exact) mass is 348 g/mol. The highest BCUT2D eigenvalue weighted by atomic mass is 16.5. The Hall–Kier alpha value is -2.22. The van der Waals surface area contributed by atoms with Crippen LogP contribution in [0.4, 0.5) is 0 Å². The Morgan fingerprint density at radius 1 is 1.40 bits per heavy atom. The standard InChI is InChI=1S/C17H24N4O4/c1-11(2)25-14-7-19-13(6-20-14)15(22)21-8-12-9-24-5-4-17(12,10-21)16(23)18-3/h6-7,11-12H,4-5,8-10H2,1-3H3,(H,18,23)/t12-,17+/m1/s1. The third-order valence-corrected chi connectivity index (χ3v) is 4.88. The zero-order valence-electron chi connectivity index (χ0n) is 14.8. The van der Waals surface area contributed by atoms with Gasteiger partial charge in [-0.25, -0.2) is 9.97 Å². The molecular formula is C17H24N4O4. The lowest BCUT2D eigenvalue weighted by Crippen LogP contribution is -2.49. The first-order valence-corrected chi connectivity index (χ1v) is 8.54. The van der Waals surface area contributed by atoms with Crippen molar-refractivity contribution in [3.05, 3.63) is 18.1 Å². The Balaban J connectivity index is 1.76. The molecule has 1 aromatic heterocycles. The Morgan fingerprint density at radius 3 is 2.84 bits per heavy atom. The van der Waals surface area contributed by atoms with Crippen LogP contribution in [0, 0.1) is 11.3 Å². The average molecular weight is 348 g/mol. The van der Waals surface area contributed by atoms with Crippen LogP contribution in [0.1, 0.15) is 30.8 Å². The highest BCUT2D eigenvalue weighted by molar-refractivity contribution is 5.93. The van der Waals surface area contributed by atoms with Crippen molar-refractivity contribution in [2.75, 3.05) is 33.4 Å². The van der Waals surface area contributed by atoms with Crippen LogP contribution in [0.3, 0.4) is 0 Å². The number of rotatable bonds is 4. The summed E-state index contributed by atoms with van der Waals surface area (Å²) < 4.78 is 11.0. The lowest BCUT2D eigenvalue weighted by Gasteiger charge is -2.36. The summed E-state index contributed by atoms with van der Waals surface area (Å²) >= 11 is 0. The molecule has 25 heavy (non-hydrogen) atoms. The molecule has 1 aromatic rings. The van der Waals surface area contributed by atoms with Crippen molar-refractivity contribution in [3.63, 3.8) is 0 Å². The van der Waals surface area contributed by atoms with Gasteiger partial charge in [-0.05, 0) is 20.3 Å². The quantitative estimate of drug-likeness (QED) is 0.851. The number of aromatic nitrogens is 2. The third kappa shape index (κ3) is 3.30. The van der Waals surface area contributed by atoms with Crippen molar-refractivity contribution in [1.82, 2.24) is 20.2 Å². The first-order valence-electron chi connectivity index (χ1n) is 8.54. The summed E-state index contributed by atoms with van der Waals surface area (Å²) in [4.78, 5) is 35.2. The summed E-state index contributed by atoms with van der Waals surface area (Å²) in [7, 11) is 1.63. The van der Waals surface area contributed by atoms with E-state index in [1.165, 1.54) is 12.4 Å². The molecule has 8 nitrogen and oxygen atoms in total. The van der Waals surface area contributed by atoms with Crippen LogP contribution in [-0.2, 0) is 9.53 Å². The highest BCUT2D eigenvalue weighted by Crippen LogP contribution is 2.42. The molecule has 2 aliphatic heterocycles. The molecule has 3 rings (SSSR count). The van der Waals surface area contributed by atoms with Crippen molar-refractivity contribution < 1.29 is 19.1 Å². The van der Waals surface area contributed by atoms with Gasteiger partial charge in [-0.3, -0.25) is 9.59 Å². The lowest BCUT2D eigenvalue weighted by atomic mass is 9.73. The number of likely N-dealkylation sites (tertiary alicyclic amines) is 1. The number of hydrogen-bond donors (Lipinski definition) is 1. The van der Waals surface area contributed by atoms with Crippen LogP contribution in [-0.4, -0.2) is 66.1 Å². The highest BCUT2D eigenvalue weighted by Gasteiger charge is 2.54. The SMILES string of the molecule is CNC(=O)[C@]12CCOC[C@H]1CN(C(=O)c1cnc(OC(C)C)cn1)C2. The second-order valence-electron chi connectivity index (χ2n) is 6.85. The Kier molecular flexibility index (Phi) is 4.89. The second-order valence-corrected chi connectivity index (χ2v) is 6.85. The second kappa shape index (κ2) is 6.95. The molecule has 8 heteroatoms. The van der Waals surface area contributed by atoms with E-state index in [1.807, 2.05) is 13.8 Å². The van der Waals surface area contributed by atoms with Crippen molar-refractivity contribution >= 4 is 11.8 Å². The molecule has 0 bridgehead atoms. The first kappa shape index (κ1) is 17.6. The largest absolute Gasteiger partial charge is 0.474 e. The van der Waals surface area contributed by atoms with Crippen LogP contribution in [0.15, 0.2) is 12.4 Å². The molecule has 2 saturated heterocycles. The number of hydrogen-bond acceptors (Lipinski definition) is 6. The van der Waals surface area contributed by atoms with Gasteiger partial charge in [0.25, 0.3) is 5.91 Å². The summed E-state index contributed by atoms with van der Waals surface area (Å²) in [5.41, 5.74) is -0.320. The normalized spacial score (nSPS) is 25.6. The maximum atomic E-state index is 12.8. The minimum Gasteiger partial charge on any atom is -0.474 e. The molecule has 2 amide bonds. The third-order valence-electron chi connectivity index (χ3n) is 4.88. The van der Waals surface area contributed by atoms with E-state index in [-0.39, 0.29) is 29.5 Å². The van der Waals surface area contributed by atoms with Gasteiger partial charge in [0, 0.05) is 32.7 Å². The van der Waals surface area contributed by atoms with Crippen molar-refractivity contribution in [2.24, 2.45) is 11.3 Å². The van der Waals surface area contributed by atoms with Gasteiger partial charge in [0.05, 0.1) is 30.5 Å². The van der Waals surface area contributed by atoms with Gasteiger partial charge in [0.15, 0.2) is 0 Å². The predicted octanol–water partition coefficient (Wildman–Crippen LogP) is 0.489. The molecule has 1 N–H and O–H groups in total. The molecule has 2 fully saturated rings. The van der Waals surface area contributed by atoms with Gasteiger partial charge in [-0.1, -0.05) is 0 Å². The fraction of sp³-hybridized carbons (Fsp3) is 0.647. The minimum absolute atomic E-state index is 0.00153. The number of ether oxygens (including phenoxy) is 2. The van der Waals surface area contributed by atoms with E-state index in [0.29, 0.717) is 38.6 Å². The van der Waals surface area contributed by atoms with Gasteiger partial charge in [0.2, 0.25) is 11.8 Å². The molecule has 0 saturated carbocycles. The molecule has 0 aliphatic carbocycles. The molecule has 0 unspecified atom stereocenters. The van der Waals surface area contributed by atoms with Gasteiger partial charge in [-0.15, -0.1) is 0 Å². The van der Waals surface area contributed by atoms with Gasteiger partial charge >= 0.3 is 0 Å².